The lowest BCUT2D eigenvalue weighted by Crippen LogP contribution is -2.33. The molecule has 1 aromatic heterocycles. The summed E-state index contributed by atoms with van der Waals surface area (Å²) in [5, 5.41) is 10.9. The van der Waals surface area contributed by atoms with Crippen molar-refractivity contribution >= 4 is 17.5 Å². The van der Waals surface area contributed by atoms with E-state index < -0.39 is 6.04 Å². The minimum absolute atomic E-state index is 0.111. The van der Waals surface area contributed by atoms with E-state index in [4.69, 9.17) is 9.36 Å². The first-order chi connectivity index (χ1) is 16.9. The lowest BCUT2D eigenvalue weighted by atomic mass is 10.0. The highest BCUT2D eigenvalue weighted by Crippen LogP contribution is 2.31. The van der Waals surface area contributed by atoms with Crippen molar-refractivity contribution in [1.29, 1.82) is 0 Å². The molecular weight excluding hydrogens is 448 g/mol. The average Bonchev–Trinajstić information content (AvgIpc) is 3.50. The van der Waals surface area contributed by atoms with Gasteiger partial charge >= 0.3 is 0 Å². The van der Waals surface area contributed by atoms with Gasteiger partial charge in [-0.2, -0.15) is 4.98 Å². The molecule has 1 N–H and O–H groups in total. The first-order valence-electron chi connectivity index (χ1n) is 11.2. The number of oxime groups is 1. The standard InChI is InChI=1S/C25H28N6O4/c1-30(2)16-22(32)26-14-23-27-24(29-35-23)21-13-20(28-34-3)15-31(21)25(33)19-11-9-18(10-12-19)17-7-5-4-6-8-17/h4-12,21H,13-16H2,1-3H3,(H,26,32)/b28-20+/t21-/m0/s1. The predicted octanol–water partition coefficient (Wildman–Crippen LogP) is 2.50. The van der Waals surface area contributed by atoms with E-state index in [1.165, 1.54) is 7.11 Å². The second-order valence-corrected chi connectivity index (χ2v) is 8.50. The fraction of sp³-hybridized carbons (Fsp3) is 0.320. The van der Waals surface area contributed by atoms with Gasteiger partial charge in [-0.1, -0.05) is 52.8 Å². The summed E-state index contributed by atoms with van der Waals surface area (Å²) < 4.78 is 5.33. The number of carbonyl (C=O) groups is 2. The van der Waals surface area contributed by atoms with Gasteiger partial charge in [0.05, 0.1) is 25.3 Å². The number of likely N-dealkylation sites (N-methyl/N-ethyl adjacent to an activating group) is 1. The molecule has 0 spiro atoms. The first kappa shape index (κ1) is 24.1. The molecule has 1 atom stereocenters. The van der Waals surface area contributed by atoms with Crippen LogP contribution in [-0.2, 0) is 16.2 Å². The summed E-state index contributed by atoms with van der Waals surface area (Å²) in [6.07, 6.45) is 0.424. The Labute approximate surface area is 203 Å². The van der Waals surface area contributed by atoms with E-state index in [-0.39, 0.29) is 30.8 Å². The Morgan fingerprint density at radius 3 is 2.54 bits per heavy atom. The third-order valence-electron chi connectivity index (χ3n) is 5.56. The monoisotopic (exact) mass is 476 g/mol. The number of hydrogen-bond acceptors (Lipinski definition) is 8. The minimum atomic E-state index is -0.458. The van der Waals surface area contributed by atoms with Crippen molar-refractivity contribution < 1.29 is 18.9 Å². The maximum absolute atomic E-state index is 13.4. The maximum atomic E-state index is 13.4. The Bertz CT molecular complexity index is 1190. The molecule has 0 aliphatic carbocycles. The van der Waals surface area contributed by atoms with Crippen molar-refractivity contribution in [1.82, 2.24) is 25.3 Å². The number of nitrogens with one attached hydrogen (secondary N) is 1. The van der Waals surface area contributed by atoms with Gasteiger partial charge in [-0.3, -0.25) is 9.59 Å². The van der Waals surface area contributed by atoms with E-state index in [0.717, 1.165) is 11.1 Å². The van der Waals surface area contributed by atoms with Crippen molar-refractivity contribution in [2.45, 2.75) is 19.0 Å². The number of rotatable bonds is 8. The zero-order chi connectivity index (χ0) is 24.8. The normalized spacial score (nSPS) is 16.6. The molecule has 2 amide bonds. The number of likely N-dealkylation sites (tertiary alicyclic amines) is 1. The zero-order valence-corrected chi connectivity index (χ0v) is 20.0. The highest BCUT2D eigenvalue weighted by Gasteiger charge is 2.38. The van der Waals surface area contributed by atoms with Crippen LogP contribution in [0.15, 0.2) is 64.3 Å². The topological polar surface area (TPSA) is 113 Å². The van der Waals surface area contributed by atoms with Crippen LogP contribution in [0.5, 0.6) is 0 Å². The van der Waals surface area contributed by atoms with Gasteiger partial charge in [0.25, 0.3) is 5.91 Å². The second-order valence-electron chi connectivity index (χ2n) is 8.50. The lowest BCUT2D eigenvalue weighted by Gasteiger charge is -2.21. The van der Waals surface area contributed by atoms with Crippen LogP contribution in [0.3, 0.4) is 0 Å². The average molecular weight is 477 g/mol. The summed E-state index contributed by atoms with van der Waals surface area (Å²) in [6, 6.07) is 17.0. The van der Waals surface area contributed by atoms with E-state index in [1.54, 1.807) is 9.80 Å². The van der Waals surface area contributed by atoms with Crippen LogP contribution in [-0.4, -0.2) is 71.8 Å². The Morgan fingerprint density at radius 1 is 1.14 bits per heavy atom. The van der Waals surface area contributed by atoms with Gasteiger partial charge in [0.2, 0.25) is 11.8 Å². The number of nitrogens with zero attached hydrogens (tertiary/aromatic N) is 5. The number of aromatic nitrogens is 2. The number of benzene rings is 2. The van der Waals surface area contributed by atoms with Crippen LogP contribution in [0.2, 0.25) is 0 Å². The largest absolute Gasteiger partial charge is 0.399 e. The smallest absolute Gasteiger partial charge is 0.254 e. The van der Waals surface area contributed by atoms with Crippen molar-refractivity contribution in [3.05, 3.63) is 71.9 Å². The number of amides is 2. The highest BCUT2D eigenvalue weighted by atomic mass is 16.6. The molecule has 3 aromatic rings. The first-order valence-corrected chi connectivity index (χ1v) is 11.2. The van der Waals surface area contributed by atoms with E-state index >= 15 is 0 Å². The molecule has 10 heteroatoms. The van der Waals surface area contributed by atoms with Crippen molar-refractivity contribution in [3.63, 3.8) is 0 Å². The summed E-state index contributed by atoms with van der Waals surface area (Å²) in [4.78, 5) is 38.1. The van der Waals surface area contributed by atoms with Crippen LogP contribution >= 0.6 is 0 Å². The predicted molar refractivity (Wildman–Crippen MR) is 129 cm³/mol. The van der Waals surface area contributed by atoms with E-state index in [9.17, 15) is 9.59 Å². The molecule has 1 saturated heterocycles. The molecule has 2 heterocycles. The molecule has 2 aromatic carbocycles. The molecule has 1 fully saturated rings. The molecule has 10 nitrogen and oxygen atoms in total. The van der Waals surface area contributed by atoms with Crippen molar-refractivity contribution in [3.8, 4) is 11.1 Å². The molecule has 182 valence electrons. The van der Waals surface area contributed by atoms with Crippen LogP contribution in [0.25, 0.3) is 11.1 Å². The van der Waals surface area contributed by atoms with Crippen LogP contribution in [0, 0.1) is 0 Å². The molecule has 0 bridgehead atoms. The summed E-state index contributed by atoms with van der Waals surface area (Å²) in [6.45, 7) is 0.660. The van der Waals surface area contributed by atoms with E-state index in [1.807, 2.05) is 68.7 Å². The quantitative estimate of drug-likeness (QED) is 0.497. The fourth-order valence-electron chi connectivity index (χ4n) is 3.94. The summed E-state index contributed by atoms with van der Waals surface area (Å²) in [5.41, 5.74) is 3.36. The van der Waals surface area contributed by atoms with Crippen LogP contribution in [0.1, 0.15) is 34.5 Å². The molecule has 4 rings (SSSR count). The zero-order valence-electron chi connectivity index (χ0n) is 20.0. The van der Waals surface area contributed by atoms with Gasteiger partial charge in [-0.05, 0) is 37.4 Å². The number of hydrogen-bond donors (Lipinski definition) is 1. The van der Waals surface area contributed by atoms with Crippen LogP contribution in [0.4, 0.5) is 0 Å². The van der Waals surface area contributed by atoms with E-state index in [0.29, 0.717) is 30.1 Å². The van der Waals surface area contributed by atoms with Gasteiger partial charge in [-0.15, -0.1) is 0 Å². The minimum Gasteiger partial charge on any atom is -0.399 e. The Balaban J connectivity index is 1.50. The van der Waals surface area contributed by atoms with Gasteiger partial charge < -0.3 is 24.5 Å². The van der Waals surface area contributed by atoms with E-state index in [2.05, 4.69) is 20.6 Å². The molecule has 35 heavy (non-hydrogen) atoms. The fourth-order valence-corrected chi connectivity index (χ4v) is 3.94. The summed E-state index contributed by atoms with van der Waals surface area (Å²) in [5.74, 6) is 0.309. The lowest BCUT2D eigenvalue weighted by molar-refractivity contribution is -0.121. The SMILES string of the molecule is CO/N=C1\C[C@@H](c2noc(CNC(=O)CN(C)C)n2)N(C(=O)c2ccc(-c3ccccc3)cc2)C1. The number of carbonyl (C=O) groups excluding carboxylic acids is 2. The second kappa shape index (κ2) is 10.9. The van der Waals surface area contributed by atoms with Gasteiger partial charge in [0.15, 0.2) is 5.82 Å². The van der Waals surface area contributed by atoms with Crippen LogP contribution < -0.4 is 5.32 Å². The Kier molecular flexibility index (Phi) is 7.51. The van der Waals surface area contributed by atoms with Gasteiger partial charge in [0.1, 0.15) is 13.2 Å². The summed E-state index contributed by atoms with van der Waals surface area (Å²) >= 11 is 0. The Hall–Kier alpha value is -4.05. The van der Waals surface area contributed by atoms with Gasteiger partial charge in [-0.25, -0.2) is 0 Å². The highest BCUT2D eigenvalue weighted by molar-refractivity contribution is 6.00. The summed E-state index contributed by atoms with van der Waals surface area (Å²) in [7, 11) is 5.09. The van der Waals surface area contributed by atoms with Crippen molar-refractivity contribution in [2.75, 3.05) is 34.3 Å². The van der Waals surface area contributed by atoms with Gasteiger partial charge in [0, 0.05) is 12.0 Å². The molecule has 1 aliphatic heterocycles. The molecule has 0 radical (unpaired) electrons. The molecule has 1 aliphatic rings. The Morgan fingerprint density at radius 2 is 1.86 bits per heavy atom. The molecule has 0 saturated carbocycles. The molecular formula is C25H28N6O4. The maximum Gasteiger partial charge on any atom is 0.254 e. The third kappa shape index (κ3) is 5.90. The van der Waals surface area contributed by atoms with Crippen molar-refractivity contribution in [2.24, 2.45) is 5.16 Å². The molecule has 0 unspecified atom stereocenters. The third-order valence-corrected chi connectivity index (χ3v) is 5.56.